The van der Waals surface area contributed by atoms with Crippen LogP contribution in [0, 0.1) is 0 Å². The maximum atomic E-state index is 12.4. The van der Waals surface area contributed by atoms with Crippen molar-refractivity contribution in [1.82, 2.24) is 20.1 Å². The van der Waals surface area contributed by atoms with Crippen LogP contribution in [0.5, 0.6) is 5.75 Å². The number of nitrogens with zero attached hydrogens (tertiary/aromatic N) is 3. The van der Waals surface area contributed by atoms with Crippen molar-refractivity contribution in [3.63, 3.8) is 0 Å². The van der Waals surface area contributed by atoms with E-state index in [1.54, 1.807) is 42.3 Å². The van der Waals surface area contributed by atoms with Gasteiger partial charge in [0.05, 0.1) is 18.6 Å². The molecule has 0 radical (unpaired) electrons. The Kier molecular flexibility index (Phi) is 6.85. The molecule has 0 aliphatic heterocycles. The zero-order chi connectivity index (χ0) is 20.6. The zero-order valence-electron chi connectivity index (χ0n) is 16.1. The highest BCUT2D eigenvalue weighted by Crippen LogP contribution is 2.22. The number of nitrogens with one attached hydrogen (secondary N) is 2. The van der Waals surface area contributed by atoms with Crippen molar-refractivity contribution in [3.05, 3.63) is 60.4 Å². The van der Waals surface area contributed by atoms with Crippen LogP contribution in [-0.4, -0.2) is 46.0 Å². The second-order valence-corrected chi connectivity index (χ2v) is 6.90. The van der Waals surface area contributed by atoms with Gasteiger partial charge in [0.15, 0.2) is 5.16 Å². The van der Waals surface area contributed by atoms with Gasteiger partial charge in [-0.2, -0.15) is 0 Å². The van der Waals surface area contributed by atoms with Crippen molar-refractivity contribution >= 4 is 29.3 Å². The van der Waals surface area contributed by atoms with Gasteiger partial charge in [0.25, 0.3) is 5.91 Å². The molecule has 0 saturated carbocycles. The smallest absolute Gasteiger partial charge is 0.251 e. The molecule has 9 heteroatoms. The summed E-state index contributed by atoms with van der Waals surface area (Å²) < 4.78 is 7.03. The zero-order valence-corrected chi connectivity index (χ0v) is 16.9. The summed E-state index contributed by atoms with van der Waals surface area (Å²) in [6, 6.07) is 14.3. The Morgan fingerprint density at radius 1 is 1.17 bits per heavy atom. The average Bonchev–Trinajstić information content (AvgIpc) is 3.21. The number of carbonyl (C=O) groups excluding carboxylic acids is 2. The average molecular weight is 411 g/mol. The third kappa shape index (κ3) is 5.35. The molecule has 8 nitrogen and oxygen atoms in total. The Hall–Kier alpha value is -3.33. The molecule has 0 aliphatic carbocycles. The summed E-state index contributed by atoms with van der Waals surface area (Å²) >= 11 is 1.27. The Morgan fingerprint density at radius 3 is 2.79 bits per heavy atom. The van der Waals surface area contributed by atoms with E-state index in [9.17, 15) is 9.59 Å². The second-order valence-electron chi connectivity index (χ2n) is 5.96. The lowest BCUT2D eigenvalue weighted by atomic mass is 10.2. The van der Waals surface area contributed by atoms with E-state index in [1.807, 2.05) is 31.2 Å². The number of carbonyl (C=O) groups is 2. The number of ether oxygens (including phenoxy) is 1. The third-order valence-electron chi connectivity index (χ3n) is 3.93. The molecule has 2 N–H and O–H groups in total. The highest BCUT2D eigenvalue weighted by Gasteiger charge is 2.12. The summed E-state index contributed by atoms with van der Waals surface area (Å²) in [7, 11) is 1.60. The van der Waals surface area contributed by atoms with E-state index in [2.05, 4.69) is 20.8 Å². The van der Waals surface area contributed by atoms with Gasteiger partial charge in [0.1, 0.15) is 12.1 Å². The Balaban J connectivity index is 1.63. The van der Waals surface area contributed by atoms with Gasteiger partial charge in [-0.3, -0.25) is 14.2 Å². The van der Waals surface area contributed by atoms with E-state index in [0.717, 1.165) is 11.4 Å². The molecular weight excluding hydrogens is 390 g/mol. The molecule has 0 bridgehead atoms. The predicted octanol–water partition coefficient (Wildman–Crippen LogP) is 2.76. The minimum Gasteiger partial charge on any atom is -0.497 e. The van der Waals surface area contributed by atoms with Crippen LogP contribution in [-0.2, 0) is 4.79 Å². The molecule has 2 aromatic carbocycles. The maximum absolute atomic E-state index is 12.4. The highest BCUT2D eigenvalue weighted by atomic mass is 32.2. The second kappa shape index (κ2) is 9.74. The summed E-state index contributed by atoms with van der Waals surface area (Å²) in [5, 5.41) is 14.1. The van der Waals surface area contributed by atoms with Gasteiger partial charge >= 0.3 is 0 Å². The lowest BCUT2D eigenvalue weighted by Crippen LogP contribution is -2.23. The fraction of sp³-hybridized carbons (Fsp3) is 0.200. The fourth-order valence-corrected chi connectivity index (χ4v) is 3.32. The number of aromatic nitrogens is 3. The molecule has 2 amide bonds. The first-order valence-electron chi connectivity index (χ1n) is 8.96. The van der Waals surface area contributed by atoms with Crippen LogP contribution >= 0.6 is 11.8 Å². The normalized spacial score (nSPS) is 10.4. The molecule has 3 rings (SSSR count). The van der Waals surface area contributed by atoms with Gasteiger partial charge in [-0.1, -0.05) is 23.9 Å². The van der Waals surface area contributed by atoms with Crippen LogP contribution in [0.25, 0.3) is 5.69 Å². The summed E-state index contributed by atoms with van der Waals surface area (Å²) in [5.74, 6) is 0.484. The Labute approximate surface area is 172 Å². The van der Waals surface area contributed by atoms with Gasteiger partial charge in [0.2, 0.25) is 5.91 Å². The van der Waals surface area contributed by atoms with Crippen molar-refractivity contribution in [2.75, 3.05) is 24.7 Å². The number of hydrogen-bond acceptors (Lipinski definition) is 6. The van der Waals surface area contributed by atoms with E-state index in [-0.39, 0.29) is 17.6 Å². The number of rotatable bonds is 8. The minimum absolute atomic E-state index is 0.147. The highest BCUT2D eigenvalue weighted by molar-refractivity contribution is 7.99. The van der Waals surface area contributed by atoms with Gasteiger partial charge in [-0.05, 0) is 37.3 Å². The SMILES string of the molecule is CCNC(=O)c1cccc(NC(=O)CSc2nncn2-c2cccc(OC)c2)c1. The minimum atomic E-state index is -0.205. The topological polar surface area (TPSA) is 98.1 Å². The van der Waals surface area contributed by atoms with Crippen LogP contribution in [0.4, 0.5) is 5.69 Å². The van der Waals surface area contributed by atoms with Crippen LogP contribution in [0.1, 0.15) is 17.3 Å². The number of anilines is 1. The number of hydrogen-bond donors (Lipinski definition) is 2. The molecule has 0 unspecified atom stereocenters. The van der Waals surface area contributed by atoms with Crippen molar-refractivity contribution in [3.8, 4) is 11.4 Å². The molecule has 29 heavy (non-hydrogen) atoms. The molecule has 1 heterocycles. The third-order valence-corrected chi connectivity index (χ3v) is 4.87. The largest absolute Gasteiger partial charge is 0.497 e. The monoisotopic (exact) mass is 411 g/mol. The molecule has 0 aliphatic rings. The molecule has 1 aromatic heterocycles. The first-order valence-corrected chi connectivity index (χ1v) is 9.94. The lowest BCUT2D eigenvalue weighted by Gasteiger charge is -2.09. The standard InChI is InChI=1S/C20H21N5O3S/c1-3-21-19(27)14-6-4-7-15(10-14)23-18(26)12-29-20-24-22-13-25(20)16-8-5-9-17(11-16)28-2/h4-11,13H,3,12H2,1-2H3,(H,21,27)(H,23,26). The molecule has 150 valence electrons. The van der Waals surface area contributed by atoms with Gasteiger partial charge in [-0.25, -0.2) is 0 Å². The predicted molar refractivity (Wildman–Crippen MR) is 112 cm³/mol. The first-order chi connectivity index (χ1) is 14.1. The van der Waals surface area contributed by atoms with E-state index in [1.165, 1.54) is 11.8 Å². The molecule has 0 fully saturated rings. The Bertz CT molecular complexity index is 1010. The molecule has 0 atom stereocenters. The number of amides is 2. The molecular formula is C20H21N5O3S. The van der Waals surface area contributed by atoms with Crippen LogP contribution in [0.3, 0.4) is 0 Å². The van der Waals surface area contributed by atoms with Crippen molar-refractivity contribution in [2.24, 2.45) is 0 Å². The van der Waals surface area contributed by atoms with Crippen molar-refractivity contribution < 1.29 is 14.3 Å². The lowest BCUT2D eigenvalue weighted by molar-refractivity contribution is -0.113. The fourth-order valence-electron chi connectivity index (χ4n) is 2.59. The van der Waals surface area contributed by atoms with Crippen LogP contribution in [0.2, 0.25) is 0 Å². The maximum Gasteiger partial charge on any atom is 0.251 e. The quantitative estimate of drug-likeness (QED) is 0.553. The van der Waals surface area contributed by atoms with Crippen LogP contribution < -0.4 is 15.4 Å². The van der Waals surface area contributed by atoms with E-state index >= 15 is 0 Å². The molecule has 0 spiro atoms. The number of thioether (sulfide) groups is 1. The Morgan fingerprint density at radius 2 is 2.00 bits per heavy atom. The molecule has 3 aromatic rings. The number of benzene rings is 2. The van der Waals surface area contributed by atoms with E-state index in [4.69, 9.17) is 4.74 Å². The van der Waals surface area contributed by atoms with Gasteiger partial charge in [-0.15, -0.1) is 10.2 Å². The van der Waals surface area contributed by atoms with Gasteiger partial charge < -0.3 is 15.4 Å². The number of methoxy groups -OCH3 is 1. The van der Waals surface area contributed by atoms with E-state index in [0.29, 0.717) is 23.0 Å². The van der Waals surface area contributed by atoms with Crippen molar-refractivity contribution in [2.45, 2.75) is 12.1 Å². The summed E-state index contributed by atoms with van der Waals surface area (Å²) in [6.45, 7) is 2.39. The summed E-state index contributed by atoms with van der Waals surface area (Å²) in [6.07, 6.45) is 1.59. The van der Waals surface area contributed by atoms with Crippen LogP contribution in [0.15, 0.2) is 60.0 Å². The summed E-state index contributed by atoms with van der Waals surface area (Å²) in [5.41, 5.74) is 1.90. The van der Waals surface area contributed by atoms with Crippen molar-refractivity contribution in [1.29, 1.82) is 0 Å². The van der Waals surface area contributed by atoms with E-state index < -0.39 is 0 Å². The molecule has 0 saturated heterocycles. The first kappa shape index (κ1) is 20.4. The summed E-state index contributed by atoms with van der Waals surface area (Å²) in [4.78, 5) is 24.3. The van der Waals surface area contributed by atoms with Gasteiger partial charge in [0, 0.05) is 23.9 Å².